The van der Waals surface area contributed by atoms with Crippen molar-refractivity contribution in [2.24, 2.45) is 0 Å². The number of benzene rings is 1. The van der Waals surface area contributed by atoms with Gasteiger partial charge < -0.3 is 5.32 Å². The van der Waals surface area contributed by atoms with Crippen molar-refractivity contribution >= 4 is 43.8 Å². The Morgan fingerprint density at radius 3 is 3.11 bits per heavy atom. The monoisotopic (exact) mass is 272 g/mol. The number of nitrogens with zero attached hydrogens (tertiary/aromatic N) is 3. The molecule has 0 atom stereocenters. The van der Waals surface area contributed by atoms with Crippen LogP contribution in [0.5, 0.6) is 0 Å². The molecule has 88 valence electrons. The summed E-state index contributed by atoms with van der Waals surface area (Å²) in [5.74, 6) is 0. The summed E-state index contributed by atoms with van der Waals surface area (Å²) in [6.07, 6.45) is 0. The second kappa shape index (κ2) is 4.37. The number of aromatic nitrogens is 2. The molecule has 3 rings (SSSR count). The molecule has 18 heavy (non-hydrogen) atoms. The topological polar surface area (TPSA) is 61.6 Å². The van der Waals surface area contributed by atoms with E-state index in [0.717, 1.165) is 26.6 Å². The first-order valence-corrected chi connectivity index (χ1v) is 6.90. The van der Waals surface area contributed by atoms with Crippen LogP contribution in [0.3, 0.4) is 0 Å². The van der Waals surface area contributed by atoms with Crippen LogP contribution in [0, 0.1) is 18.3 Å². The maximum Gasteiger partial charge on any atom is 0.132 e. The van der Waals surface area contributed by atoms with E-state index in [-0.39, 0.29) is 0 Å². The molecule has 0 radical (unpaired) electrons. The summed E-state index contributed by atoms with van der Waals surface area (Å²) < 4.78 is 5.31. The van der Waals surface area contributed by atoms with E-state index in [2.05, 4.69) is 20.7 Å². The Balaban J connectivity index is 1.98. The summed E-state index contributed by atoms with van der Waals surface area (Å²) in [6, 6.07) is 8.13. The summed E-state index contributed by atoms with van der Waals surface area (Å²) in [4.78, 5) is 4.23. The molecule has 3 aromatic rings. The largest absolute Gasteiger partial charge is 0.345 e. The minimum Gasteiger partial charge on any atom is -0.345 e. The number of thiazole rings is 1. The van der Waals surface area contributed by atoms with Crippen molar-refractivity contribution in [3.05, 3.63) is 35.0 Å². The fraction of sp³-hybridized carbons (Fsp3) is 0.0833. The van der Waals surface area contributed by atoms with Gasteiger partial charge in [0.1, 0.15) is 16.6 Å². The van der Waals surface area contributed by atoms with E-state index in [4.69, 9.17) is 5.26 Å². The molecule has 1 N–H and O–H groups in total. The SMILES string of the molecule is Cc1nsc(Nc2ccc3ncsc3c2)c1C#N. The molecule has 6 heteroatoms. The molecule has 0 saturated carbocycles. The number of nitriles is 1. The zero-order valence-electron chi connectivity index (χ0n) is 9.47. The van der Waals surface area contributed by atoms with Crippen LogP contribution in [-0.2, 0) is 0 Å². The highest BCUT2D eigenvalue weighted by Crippen LogP contribution is 2.29. The summed E-state index contributed by atoms with van der Waals surface area (Å²) in [7, 11) is 0. The molecule has 0 amide bonds. The third-order valence-corrected chi connectivity index (χ3v) is 4.21. The van der Waals surface area contributed by atoms with Crippen molar-refractivity contribution in [2.45, 2.75) is 6.92 Å². The Morgan fingerprint density at radius 1 is 1.39 bits per heavy atom. The lowest BCUT2D eigenvalue weighted by Crippen LogP contribution is -1.90. The number of fused-ring (bicyclic) bond motifs is 1. The van der Waals surface area contributed by atoms with E-state index in [9.17, 15) is 0 Å². The lowest BCUT2D eigenvalue weighted by molar-refractivity contribution is 1.31. The van der Waals surface area contributed by atoms with E-state index in [1.54, 1.807) is 11.3 Å². The Morgan fingerprint density at radius 2 is 2.28 bits per heavy atom. The number of aryl methyl sites for hydroxylation is 1. The van der Waals surface area contributed by atoms with E-state index in [1.807, 2.05) is 30.6 Å². The van der Waals surface area contributed by atoms with E-state index in [0.29, 0.717) is 5.56 Å². The third-order valence-electron chi connectivity index (χ3n) is 2.56. The molecular formula is C12H8N4S2. The molecule has 0 fully saturated rings. The quantitative estimate of drug-likeness (QED) is 0.773. The van der Waals surface area contributed by atoms with Crippen molar-refractivity contribution in [3.63, 3.8) is 0 Å². The predicted octanol–water partition coefficient (Wildman–Crippen LogP) is 3.68. The Labute approximate surface area is 112 Å². The van der Waals surface area contributed by atoms with Gasteiger partial charge in [0, 0.05) is 5.69 Å². The summed E-state index contributed by atoms with van der Waals surface area (Å²) in [5.41, 5.74) is 5.15. The Bertz CT molecular complexity index is 751. The zero-order valence-corrected chi connectivity index (χ0v) is 11.1. The average molecular weight is 272 g/mol. The maximum absolute atomic E-state index is 9.07. The van der Waals surface area contributed by atoms with Gasteiger partial charge in [-0.1, -0.05) is 0 Å². The first kappa shape index (κ1) is 11.1. The minimum atomic E-state index is 0.615. The van der Waals surface area contributed by atoms with Crippen molar-refractivity contribution in [1.82, 2.24) is 9.36 Å². The molecule has 0 unspecified atom stereocenters. The van der Waals surface area contributed by atoms with Gasteiger partial charge in [-0.15, -0.1) is 11.3 Å². The average Bonchev–Trinajstić information content (AvgIpc) is 2.96. The highest BCUT2D eigenvalue weighted by Gasteiger charge is 2.10. The van der Waals surface area contributed by atoms with Gasteiger partial charge in [-0.3, -0.25) is 0 Å². The van der Waals surface area contributed by atoms with Gasteiger partial charge in [-0.05, 0) is 36.7 Å². The fourth-order valence-electron chi connectivity index (χ4n) is 1.65. The number of rotatable bonds is 2. The van der Waals surface area contributed by atoms with E-state index < -0.39 is 0 Å². The molecule has 0 aliphatic rings. The molecule has 2 heterocycles. The van der Waals surface area contributed by atoms with Crippen molar-refractivity contribution in [3.8, 4) is 6.07 Å². The van der Waals surface area contributed by atoms with Crippen LogP contribution in [-0.4, -0.2) is 9.36 Å². The molecule has 0 spiro atoms. The minimum absolute atomic E-state index is 0.615. The smallest absolute Gasteiger partial charge is 0.132 e. The van der Waals surface area contributed by atoms with Crippen molar-refractivity contribution in [2.75, 3.05) is 5.32 Å². The van der Waals surface area contributed by atoms with Crippen LogP contribution < -0.4 is 5.32 Å². The second-order valence-corrected chi connectivity index (χ2v) is 5.40. The van der Waals surface area contributed by atoms with Gasteiger partial charge >= 0.3 is 0 Å². The third kappa shape index (κ3) is 1.83. The fourth-order valence-corrected chi connectivity index (χ4v) is 3.13. The van der Waals surface area contributed by atoms with Crippen LogP contribution in [0.4, 0.5) is 10.7 Å². The lowest BCUT2D eigenvalue weighted by Gasteiger charge is -2.03. The summed E-state index contributed by atoms with van der Waals surface area (Å²) >= 11 is 2.91. The number of anilines is 2. The lowest BCUT2D eigenvalue weighted by atomic mass is 10.2. The molecule has 4 nitrogen and oxygen atoms in total. The van der Waals surface area contributed by atoms with Gasteiger partial charge in [0.2, 0.25) is 0 Å². The first-order chi connectivity index (χ1) is 8.78. The van der Waals surface area contributed by atoms with Gasteiger partial charge in [0.15, 0.2) is 0 Å². The number of hydrogen-bond acceptors (Lipinski definition) is 6. The molecule has 0 bridgehead atoms. The standard InChI is InChI=1S/C12H8N4S2/c1-7-9(5-13)12(18-16-7)15-8-2-3-10-11(4-8)17-6-14-10/h2-4,6,15H,1H3. The van der Waals surface area contributed by atoms with Crippen LogP contribution in [0.15, 0.2) is 23.7 Å². The van der Waals surface area contributed by atoms with Crippen LogP contribution in [0.25, 0.3) is 10.2 Å². The molecule has 2 aromatic heterocycles. The van der Waals surface area contributed by atoms with Gasteiger partial charge in [-0.25, -0.2) is 4.98 Å². The highest BCUT2D eigenvalue weighted by atomic mass is 32.1. The second-order valence-electron chi connectivity index (χ2n) is 3.74. The van der Waals surface area contributed by atoms with Crippen molar-refractivity contribution in [1.29, 1.82) is 5.26 Å². The van der Waals surface area contributed by atoms with Gasteiger partial charge in [-0.2, -0.15) is 9.64 Å². The maximum atomic E-state index is 9.07. The summed E-state index contributed by atoms with van der Waals surface area (Å²) in [5, 5.41) is 13.1. The van der Waals surface area contributed by atoms with E-state index >= 15 is 0 Å². The zero-order chi connectivity index (χ0) is 12.5. The first-order valence-electron chi connectivity index (χ1n) is 5.24. The molecule has 0 saturated heterocycles. The van der Waals surface area contributed by atoms with Crippen LogP contribution in [0.2, 0.25) is 0 Å². The predicted molar refractivity (Wildman–Crippen MR) is 74.5 cm³/mol. The number of nitrogens with one attached hydrogen (secondary N) is 1. The Kier molecular flexibility index (Phi) is 2.70. The molecule has 0 aliphatic carbocycles. The van der Waals surface area contributed by atoms with Crippen LogP contribution in [0.1, 0.15) is 11.3 Å². The van der Waals surface area contributed by atoms with E-state index in [1.165, 1.54) is 11.5 Å². The number of hydrogen-bond donors (Lipinski definition) is 1. The Hall–Kier alpha value is -1.97. The van der Waals surface area contributed by atoms with Gasteiger partial charge in [0.25, 0.3) is 0 Å². The highest BCUT2D eigenvalue weighted by molar-refractivity contribution is 7.16. The van der Waals surface area contributed by atoms with Crippen LogP contribution >= 0.6 is 22.9 Å². The molecule has 1 aromatic carbocycles. The summed E-state index contributed by atoms with van der Waals surface area (Å²) in [6.45, 7) is 1.84. The molecule has 0 aliphatic heterocycles. The normalized spacial score (nSPS) is 10.4. The van der Waals surface area contributed by atoms with Gasteiger partial charge in [0.05, 0.1) is 21.4 Å². The van der Waals surface area contributed by atoms with Crippen molar-refractivity contribution < 1.29 is 0 Å². The molecular weight excluding hydrogens is 264 g/mol.